The second kappa shape index (κ2) is 12.7. The van der Waals surface area contributed by atoms with Gasteiger partial charge >= 0.3 is 0 Å². The minimum absolute atomic E-state index is 0.0472. The number of nitrogens with zero attached hydrogens (tertiary/aromatic N) is 3. The van der Waals surface area contributed by atoms with Gasteiger partial charge in [-0.15, -0.1) is 16.8 Å². The summed E-state index contributed by atoms with van der Waals surface area (Å²) >= 11 is 12.2. The second-order valence-corrected chi connectivity index (χ2v) is 8.86. The Labute approximate surface area is 210 Å². The highest BCUT2D eigenvalue weighted by Crippen LogP contribution is 2.41. The molecule has 1 saturated heterocycles. The number of morpholine rings is 1. The van der Waals surface area contributed by atoms with Crippen LogP contribution in [0.5, 0.6) is 0 Å². The van der Waals surface area contributed by atoms with Crippen LogP contribution in [0.25, 0.3) is 0 Å². The molecule has 180 valence electrons. The third-order valence-electron chi connectivity index (χ3n) is 4.95. The monoisotopic (exact) mass is 501 g/mol. The van der Waals surface area contributed by atoms with Gasteiger partial charge in [0.1, 0.15) is 12.7 Å². The highest BCUT2D eigenvalue weighted by Gasteiger charge is 2.39. The van der Waals surface area contributed by atoms with Crippen LogP contribution in [0.3, 0.4) is 0 Å². The second-order valence-electron chi connectivity index (χ2n) is 7.99. The van der Waals surface area contributed by atoms with Gasteiger partial charge in [-0.05, 0) is 42.3 Å². The number of rotatable bonds is 4. The topological polar surface area (TPSA) is 68.5 Å². The van der Waals surface area contributed by atoms with Crippen LogP contribution in [0.4, 0.5) is 0 Å². The molecule has 2 atom stereocenters. The third kappa shape index (κ3) is 7.42. The number of benzene rings is 2. The van der Waals surface area contributed by atoms with E-state index < -0.39 is 12.1 Å². The largest absolute Gasteiger partial charge is 0.424 e. The Bertz CT molecular complexity index is 1080. The molecule has 3 aromatic rings. The predicted octanol–water partition coefficient (Wildman–Crippen LogP) is 6.89. The molecule has 0 bridgehead atoms. The lowest BCUT2D eigenvalue weighted by atomic mass is 9.92. The van der Waals surface area contributed by atoms with E-state index in [4.69, 9.17) is 32.4 Å². The van der Waals surface area contributed by atoms with Crippen LogP contribution in [0.2, 0.25) is 10.0 Å². The lowest BCUT2D eigenvalue weighted by molar-refractivity contribution is -0.160. The van der Waals surface area contributed by atoms with Crippen molar-refractivity contribution in [2.75, 3.05) is 6.61 Å². The third-order valence-corrected chi connectivity index (χ3v) is 5.43. The van der Waals surface area contributed by atoms with Crippen molar-refractivity contribution in [3.05, 3.63) is 94.1 Å². The van der Waals surface area contributed by atoms with Gasteiger partial charge in [0, 0.05) is 17.0 Å². The molecule has 1 aromatic heterocycles. The molecule has 1 aliphatic carbocycles. The summed E-state index contributed by atoms with van der Waals surface area (Å²) < 4.78 is 11.5. The summed E-state index contributed by atoms with van der Waals surface area (Å²) in [7, 11) is 0. The lowest BCUT2D eigenvalue weighted by Gasteiger charge is -2.41. The van der Waals surface area contributed by atoms with Gasteiger partial charge in [0.25, 0.3) is 0 Å². The molecule has 1 amide bonds. The molecule has 2 fully saturated rings. The van der Waals surface area contributed by atoms with E-state index in [1.165, 1.54) is 19.3 Å². The fourth-order valence-electron chi connectivity index (χ4n) is 3.36. The number of halogens is 2. The molecule has 8 heteroatoms. The molecular weight excluding hydrogens is 473 g/mol. The molecule has 2 unspecified atom stereocenters. The van der Waals surface area contributed by atoms with Gasteiger partial charge < -0.3 is 14.1 Å². The standard InChI is InChI=1S/C20H17Cl2N3O3.2C3H6/c1-12-23-24-17(28-12)10-25-18(26)11-27-20(14-3-2-4-16(22)9-14)19(25)13-5-7-15(21)8-6-13;1-2-3-1;1-3-2/h2-9,19-20H,10-11H2,1H3;1-3H2;3H,1H2,2H3. The zero-order chi connectivity index (χ0) is 24.5. The first-order valence-corrected chi connectivity index (χ1v) is 12.0. The van der Waals surface area contributed by atoms with Gasteiger partial charge in [0.2, 0.25) is 17.7 Å². The van der Waals surface area contributed by atoms with Crippen LogP contribution in [-0.2, 0) is 16.1 Å². The summed E-state index contributed by atoms with van der Waals surface area (Å²) in [4.78, 5) is 14.5. The maximum absolute atomic E-state index is 12.8. The molecule has 2 aromatic carbocycles. The number of hydrogen-bond donors (Lipinski definition) is 0. The number of carbonyl (C=O) groups excluding carboxylic acids is 1. The molecule has 2 heterocycles. The quantitative estimate of drug-likeness (QED) is 0.364. The summed E-state index contributed by atoms with van der Waals surface area (Å²) in [5.41, 5.74) is 1.77. The fourth-order valence-corrected chi connectivity index (χ4v) is 3.69. The highest BCUT2D eigenvalue weighted by molar-refractivity contribution is 6.30. The first kappa shape index (κ1) is 25.9. The van der Waals surface area contributed by atoms with Gasteiger partial charge in [-0.2, -0.15) is 0 Å². The van der Waals surface area contributed by atoms with Crippen molar-refractivity contribution in [1.82, 2.24) is 15.1 Å². The Morgan fingerprint density at radius 1 is 1.06 bits per heavy atom. The average Bonchev–Trinajstić information content (AvgIpc) is 3.65. The number of ether oxygens (including phenoxy) is 1. The SMILES string of the molecule is C1CC1.C=CC.Cc1nnc(CN2C(=O)COC(c3cccc(Cl)c3)C2c2ccc(Cl)cc2)o1. The van der Waals surface area contributed by atoms with E-state index in [2.05, 4.69) is 16.8 Å². The Hall–Kier alpha value is -2.67. The van der Waals surface area contributed by atoms with Gasteiger partial charge in [0.05, 0.1) is 12.6 Å². The number of aryl methyl sites for hydroxylation is 1. The van der Waals surface area contributed by atoms with Crippen LogP contribution < -0.4 is 0 Å². The number of aromatic nitrogens is 2. The van der Waals surface area contributed by atoms with Crippen LogP contribution in [0, 0.1) is 6.92 Å². The smallest absolute Gasteiger partial charge is 0.249 e. The van der Waals surface area contributed by atoms with E-state index in [0.717, 1.165) is 11.1 Å². The van der Waals surface area contributed by atoms with Crippen molar-refractivity contribution in [1.29, 1.82) is 0 Å². The summed E-state index contributed by atoms with van der Waals surface area (Å²) in [5, 5.41) is 9.11. The van der Waals surface area contributed by atoms with Crippen LogP contribution >= 0.6 is 23.2 Å². The number of amides is 1. The van der Waals surface area contributed by atoms with E-state index in [1.807, 2.05) is 37.3 Å². The predicted molar refractivity (Wildman–Crippen MR) is 134 cm³/mol. The summed E-state index contributed by atoms with van der Waals surface area (Å²) in [6, 6.07) is 14.4. The molecule has 6 nitrogen and oxygen atoms in total. The van der Waals surface area contributed by atoms with Crippen LogP contribution in [0.1, 0.15) is 61.2 Å². The van der Waals surface area contributed by atoms with E-state index in [1.54, 1.807) is 36.1 Å². The molecule has 34 heavy (non-hydrogen) atoms. The maximum atomic E-state index is 12.8. The van der Waals surface area contributed by atoms with Gasteiger partial charge in [-0.1, -0.05) is 72.8 Å². The van der Waals surface area contributed by atoms with E-state index in [-0.39, 0.29) is 19.1 Å². The molecular formula is C26H29Cl2N3O3. The van der Waals surface area contributed by atoms with Crippen molar-refractivity contribution in [3.63, 3.8) is 0 Å². The molecule has 0 N–H and O–H groups in total. The maximum Gasteiger partial charge on any atom is 0.249 e. The summed E-state index contributed by atoms with van der Waals surface area (Å²) in [6.07, 6.45) is 5.85. The molecule has 1 saturated carbocycles. The lowest BCUT2D eigenvalue weighted by Crippen LogP contribution is -2.45. The normalized spacial score (nSPS) is 18.8. The van der Waals surface area contributed by atoms with Gasteiger partial charge in [0.15, 0.2) is 0 Å². The first-order chi connectivity index (χ1) is 16.4. The van der Waals surface area contributed by atoms with Crippen molar-refractivity contribution >= 4 is 29.1 Å². The average molecular weight is 502 g/mol. The van der Waals surface area contributed by atoms with Crippen molar-refractivity contribution in [3.8, 4) is 0 Å². The van der Waals surface area contributed by atoms with Crippen molar-refractivity contribution < 1.29 is 13.9 Å². The fraction of sp³-hybridized carbons (Fsp3) is 0.346. The Morgan fingerprint density at radius 2 is 1.74 bits per heavy atom. The van der Waals surface area contributed by atoms with Crippen LogP contribution in [0.15, 0.2) is 65.6 Å². The van der Waals surface area contributed by atoms with E-state index >= 15 is 0 Å². The van der Waals surface area contributed by atoms with Crippen molar-refractivity contribution in [2.45, 2.75) is 51.8 Å². The van der Waals surface area contributed by atoms with Gasteiger partial charge in [-0.25, -0.2) is 0 Å². The summed E-state index contributed by atoms with van der Waals surface area (Å²) in [5.74, 6) is 0.663. The summed E-state index contributed by atoms with van der Waals surface area (Å²) in [6.45, 7) is 7.10. The first-order valence-electron chi connectivity index (χ1n) is 11.2. The van der Waals surface area contributed by atoms with E-state index in [0.29, 0.717) is 21.8 Å². The number of carbonyl (C=O) groups is 1. The van der Waals surface area contributed by atoms with Gasteiger partial charge in [-0.3, -0.25) is 4.79 Å². The molecule has 0 spiro atoms. The van der Waals surface area contributed by atoms with Crippen LogP contribution in [-0.4, -0.2) is 27.6 Å². The minimum atomic E-state index is -0.401. The molecule has 2 aliphatic rings. The Morgan fingerprint density at radius 3 is 2.29 bits per heavy atom. The Balaban J connectivity index is 0.000000480. The Kier molecular flexibility index (Phi) is 9.69. The zero-order valence-corrected chi connectivity index (χ0v) is 20.9. The number of allylic oxidation sites excluding steroid dienone is 1. The minimum Gasteiger partial charge on any atom is -0.424 e. The van der Waals surface area contributed by atoms with E-state index in [9.17, 15) is 4.79 Å². The highest BCUT2D eigenvalue weighted by atomic mass is 35.5. The number of hydrogen-bond acceptors (Lipinski definition) is 5. The molecule has 1 aliphatic heterocycles. The molecule has 5 rings (SSSR count). The van der Waals surface area contributed by atoms with Crippen molar-refractivity contribution in [2.24, 2.45) is 0 Å². The molecule has 0 radical (unpaired) electrons. The zero-order valence-electron chi connectivity index (χ0n) is 19.4.